The number of carbonyl (C=O) groups is 1. The highest BCUT2D eigenvalue weighted by Crippen LogP contribution is 2.45. The Hall–Kier alpha value is -0.570. The molecular formula is C17H30N2O. The highest BCUT2D eigenvalue weighted by atomic mass is 16.2. The van der Waals surface area contributed by atoms with E-state index >= 15 is 0 Å². The zero-order chi connectivity index (χ0) is 14.2. The van der Waals surface area contributed by atoms with Crippen LogP contribution in [0.4, 0.5) is 0 Å². The van der Waals surface area contributed by atoms with E-state index in [1.54, 1.807) is 0 Å². The Morgan fingerprint density at radius 2 is 1.75 bits per heavy atom. The van der Waals surface area contributed by atoms with Crippen LogP contribution in [0.15, 0.2) is 0 Å². The normalized spacial score (nSPS) is 35.8. The van der Waals surface area contributed by atoms with E-state index in [1.165, 1.54) is 38.5 Å². The lowest BCUT2D eigenvalue weighted by Crippen LogP contribution is -2.46. The molecule has 2 aliphatic carbocycles. The SMILES string of the molecule is CCCC1CCC(N2C(=O)C3(CC3)NC2CCC)CC1. The molecule has 3 heteroatoms. The van der Waals surface area contributed by atoms with Crippen molar-refractivity contribution < 1.29 is 4.79 Å². The van der Waals surface area contributed by atoms with E-state index in [1.807, 2.05) is 0 Å². The predicted octanol–water partition coefficient (Wildman–Crippen LogP) is 3.44. The molecule has 1 unspecified atom stereocenters. The molecule has 3 rings (SSSR count). The Kier molecular flexibility index (Phi) is 4.07. The molecule has 2 saturated carbocycles. The zero-order valence-corrected chi connectivity index (χ0v) is 13.2. The summed E-state index contributed by atoms with van der Waals surface area (Å²) in [5.41, 5.74) is -0.125. The molecule has 1 heterocycles. The lowest BCUT2D eigenvalue weighted by atomic mass is 9.82. The summed E-state index contributed by atoms with van der Waals surface area (Å²) >= 11 is 0. The second-order valence-corrected chi connectivity index (χ2v) is 7.21. The molecule has 1 atom stereocenters. The molecular weight excluding hydrogens is 248 g/mol. The van der Waals surface area contributed by atoms with Crippen LogP contribution in [0.25, 0.3) is 0 Å². The first-order valence-corrected chi connectivity index (χ1v) is 8.80. The monoisotopic (exact) mass is 278 g/mol. The van der Waals surface area contributed by atoms with Gasteiger partial charge in [0.2, 0.25) is 5.91 Å². The van der Waals surface area contributed by atoms with Crippen LogP contribution < -0.4 is 5.32 Å². The Labute approximate surface area is 123 Å². The fourth-order valence-corrected chi connectivity index (χ4v) is 4.35. The summed E-state index contributed by atoms with van der Waals surface area (Å²) in [5.74, 6) is 1.34. The van der Waals surface area contributed by atoms with Gasteiger partial charge in [0, 0.05) is 6.04 Å². The van der Waals surface area contributed by atoms with Gasteiger partial charge in [0.1, 0.15) is 0 Å². The quantitative estimate of drug-likeness (QED) is 0.835. The molecule has 1 amide bonds. The minimum absolute atomic E-state index is 0.125. The van der Waals surface area contributed by atoms with Crippen LogP contribution in [0.5, 0.6) is 0 Å². The van der Waals surface area contributed by atoms with Crippen molar-refractivity contribution in [3.8, 4) is 0 Å². The molecule has 114 valence electrons. The van der Waals surface area contributed by atoms with Crippen molar-refractivity contribution in [3.63, 3.8) is 0 Å². The smallest absolute Gasteiger partial charge is 0.244 e. The molecule has 0 radical (unpaired) electrons. The first-order valence-electron chi connectivity index (χ1n) is 8.80. The molecule has 1 spiro atoms. The number of rotatable bonds is 5. The lowest BCUT2D eigenvalue weighted by molar-refractivity contribution is -0.134. The number of amides is 1. The van der Waals surface area contributed by atoms with Crippen molar-refractivity contribution >= 4 is 5.91 Å². The molecule has 3 aliphatic rings. The van der Waals surface area contributed by atoms with E-state index in [2.05, 4.69) is 24.1 Å². The van der Waals surface area contributed by atoms with Gasteiger partial charge in [-0.05, 0) is 50.9 Å². The summed E-state index contributed by atoms with van der Waals surface area (Å²) in [5, 5.41) is 3.65. The third kappa shape index (κ3) is 2.49. The molecule has 0 aromatic heterocycles. The van der Waals surface area contributed by atoms with E-state index in [0.29, 0.717) is 18.1 Å². The highest BCUT2D eigenvalue weighted by Gasteiger charge is 2.59. The van der Waals surface area contributed by atoms with E-state index in [4.69, 9.17) is 0 Å². The van der Waals surface area contributed by atoms with Gasteiger partial charge in [-0.1, -0.05) is 33.1 Å². The Morgan fingerprint density at radius 3 is 2.30 bits per heavy atom. The fourth-order valence-electron chi connectivity index (χ4n) is 4.35. The van der Waals surface area contributed by atoms with Crippen molar-refractivity contribution in [1.29, 1.82) is 0 Å². The predicted molar refractivity (Wildman–Crippen MR) is 81.3 cm³/mol. The average Bonchev–Trinajstić information content (AvgIpc) is 3.17. The van der Waals surface area contributed by atoms with Crippen LogP contribution >= 0.6 is 0 Å². The summed E-state index contributed by atoms with van der Waals surface area (Å²) < 4.78 is 0. The summed E-state index contributed by atoms with van der Waals surface area (Å²) in [6.07, 6.45) is 12.5. The van der Waals surface area contributed by atoms with Gasteiger partial charge in [-0.15, -0.1) is 0 Å². The number of hydrogen-bond acceptors (Lipinski definition) is 2. The maximum atomic E-state index is 12.7. The standard InChI is InChI=1S/C17H30N2O/c1-3-5-13-7-9-14(10-8-13)19-15(6-4-2)18-17(11-12-17)16(19)20/h13-15,18H,3-12H2,1-2H3. The van der Waals surface area contributed by atoms with Gasteiger partial charge in [-0.25, -0.2) is 0 Å². The van der Waals surface area contributed by atoms with Gasteiger partial charge < -0.3 is 4.90 Å². The minimum atomic E-state index is -0.125. The van der Waals surface area contributed by atoms with Gasteiger partial charge >= 0.3 is 0 Å². The van der Waals surface area contributed by atoms with Crippen LogP contribution in [0, 0.1) is 5.92 Å². The van der Waals surface area contributed by atoms with Gasteiger partial charge in [-0.2, -0.15) is 0 Å². The third-order valence-corrected chi connectivity index (χ3v) is 5.64. The van der Waals surface area contributed by atoms with E-state index in [9.17, 15) is 4.79 Å². The van der Waals surface area contributed by atoms with Gasteiger partial charge in [0.25, 0.3) is 0 Å². The van der Waals surface area contributed by atoms with Gasteiger partial charge in [0.15, 0.2) is 0 Å². The molecule has 3 fully saturated rings. The number of nitrogens with zero attached hydrogens (tertiary/aromatic N) is 1. The van der Waals surface area contributed by atoms with Gasteiger partial charge in [-0.3, -0.25) is 10.1 Å². The molecule has 1 aliphatic heterocycles. The highest BCUT2D eigenvalue weighted by molar-refractivity contribution is 5.92. The van der Waals surface area contributed by atoms with Crippen LogP contribution in [0.2, 0.25) is 0 Å². The zero-order valence-electron chi connectivity index (χ0n) is 13.2. The molecule has 3 nitrogen and oxygen atoms in total. The molecule has 20 heavy (non-hydrogen) atoms. The van der Waals surface area contributed by atoms with Gasteiger partial charge in [0.05, 0.1) is 11.7 Å². The average molecular weight is 278 g/mol. The molecule has 1 saturated heterocycles. The summed E-state index contributed by atoms with van der Waals surface area (Å²) in [4.78, 5) is 15.0. The van der Waals surface area contributed by atoms with Crippen molar-refractivity contribution in [2.45, 2.75) is 95.8 Å². The van der Waals surface area contributed by atoms with E-state index in [-0.39, 0.29) is 5.54 Å². The van der Waals surface area contributed by atoms with Crippen molar-refractivity contribution in [2.75, 3.05) is 0 Å². The van der Waals surface area contributed by atoms with Crippen LogP contribution in [-0.4, -0.2) is 28.6 Å². The van der Waals surface area contributed by atoms with Crippen LogP contribution in [0.3, 0.4) is 0 Å². The van der Waals surface area contributed by atoms with Crippen molar-refractivity contribution in [2.24, 2.45) is 5.92 Å². The first kappa shape index (κ1) is 14.4. The topological polar surface area (TPSA) is 32.3 Å². The number of nitrogens with one attached hydrogen (secondary N) is 1. The fraction of sp³-hybridized carbons (Fsp3) is 0.941. The number of carbonyl (C=O) groups excluding carboxylic acids is 1. The second-order valence-electron chi connectivity index (χ2n) is 7.21. The van der Waals surface area contributed by atoms with Crippen LogP contribution in [0.1, 0.15) is 78.1 Å². The van der Waals surface area contributed by atoms with Crippen LogP contribution in [-0.2, 0) is 4.79 Å². The number of hydrogen-bond donors (Lipinski definition) is 1. The minimum Gasteiger partial charge on any atom is -0.323 e. The molecule has 0 aromatic rings. The van der Waals surface area contributed by atoms with E-state index < -0.39 is 0 Å². The Morgan fingerprint density at radius 1 is 1.10 bits per heavy atom. The lowest BCUT2D eigenvalue weighted by Gasteiger charge is -2.37. The Balaban J connectivity index is 1.64. The maximum absolute atomic E-state index is 12.7. The maximum Gasteiger partial charge on any atom is 0.244 e. The molecule has 0 aromatic carbocycles. The summed E-state index contributed by atoms with van der Waals surface area (Å²) in [7, 11) is 0. The first-order chi connectivity index (χ1) is 9.70. The Bertz CT molecular complexity index is 356. The van der Waals surface area contributed by atoms with Crippen molar-refractivity contribution in [1.82, 2.24) is 10.2 Å². The molecule has 0 bridgehead atoms. The van der Waals surface area contributed by atoms with E-state index in [0.717, 1.165) is 31.6 Å². The summed E-state index contributed by atoms with van der Waals surface area (Å²) in [6.45, 7) is 4.51. The second kappa shape index (κ2) is 5.67. The van der Waals surface area contributed by atoms with Crippen molar-refractivity contribution in [3.05, 3.63) is 0 Å². The largest absolute Gasteiger partial charge is 0.323 e. The molecule has 1 N–H and O–H groups in total. The third-order valence-electron chi connectivity index (χ3n) is 5.64. The summed E-state index contributed by atoms with van der Waals surface area (Å²) in [6, 6.07) is 0.514.